The van der Waals surface area contributed by atoms with Crippen molar-refractivity contribution in [1.82, 2.24) is 40.1 Å². The second-order valence-corrected chi connectivity index (χ2v) is 7.67. The zero-order valence-electron chi connectivity index (χ0n) is 17.6. The van der Waals surface area contributed by atoms with Crippen molar-refractivity contribution in [2.75, 3.05) is 5.32 Å². The van der Waals surface area contributed by atoms with Gasteiger partial charge in [-0.15, -0.1) is 10.2 Å². The molecule has 1 fully saturated rings. The summed E-state index contributed by atoms with van der Waals surface area (Å²) in [6.45, 7) is 0.344. The summed E-state index contributed by atoms with van der Waals surface area (Å²) in [5.41, 5.74) is 1.35. The number of amides is 1. The van der Waals surface area contributed by atoms with E-state index in [-0.39, 0.29) is 0 Å². The van der Waals surface area contributed by atoms with Gasteiger partial charge in [-0.25, -0.2) is 14.8 Å². The molecule has 13 nitrogen and oxygen atoms in total. The van der Waals surface area contributed by atoms with Gasteiger partial charge in [-0.2, -0.15) is 9.53 Å². The third kappa shape index (κ3) is 4.26. The largest absolute Gasteiger partial charge is 0.439 e. The molecule has 6 rings (SSSR count). The summed E-state index contributed by atoms with van der Waals surface area (Å²) in [6, 6.07) is 10.6. The van der Waals surface area contributed by atoms with E-state index in [0.29, 0.717) is 41.1 Å². The number of hydrogen-bond acceptors (Lipinski definition) is 10. The normalized spacial score (nSPS) is 13.2. The van der Waals surface area contributed by atoms with Gasteiger partial charge < -0.3 is 14.1 Å². The first-order valence-corrected chi connectivity index (χ1v) is 10.5. The first-order chi connectivity index (χ1) is 16.7. The average molecular weight is 459 g/mol. The highest BCUT2D eigenvalue weighted by atomic mass is 16.7. The van der Waals surface area contributed by atoms with Crippen molar-refractivity contribution in [3.05, 3.63) is 66.7 Å². The van der Waals surface area contributed by atoms with E-state index in [9.17, 15) is 4.79 Å². The minimum atomic E-state index is -0.677. The van der Waals surface area contributed by atoms with Gasteiger partial charge in [0.25, 0.3) is 0 Å². The number of ether oxygens (including phenoxy) is 1. The van der Waals surface area contributed by atoms with Crippen LogP contribution in [-0.2, 0) is 6.54 Å². The van der Waals surface area contributed by atoms with Gasteiger partial charge in [-0.1, -0.05) is 5.16 Å². The number of tetrazole rings is 1. The van der Waals surface area contributed by atoms with Crippen molar-refractivity contribution in [2.24, 2.45) is 0 Å². The molecule has 5 aromatic rings. The molecule has 170 valence electrons. The molecule has 34 heavy (non-hydrogen) atoms. The SMILES string of the molecule is O=C(Nc1cc(C2CC2)on1)On1ccc2cc(Oc3cc(Cn4ncnn4)ncn3)ccc21. The van der Waals surface area contributed by atoms with Crippen molar-refractivity contribution in [3.63, 3.8) is 0 Å². The Balaban J connectivity index is 1.12. The molecule has 1 aliphatic rings. The molecule has 0 bridgehead atoms. The number of anilines is 1. The Kier molecular flexibility index (Phi) is 4.83. The standard InChI is InChI=1S/C21H17N9O4/c31-21(26-19-9-18(33-27-19)13-1-2-13)34-29-6-5-14-7-16(3-4-17(14)29)32-20-8-15(22-11-23-20)10-30-25-12-24-28-30/h3-9,11-13H,1-2,10H2,(H,26,27,31). The fourth-order valence-corrected chi connectivity index (χ4v) is 3.41. The number of nitrogens with one attached hydrogen (secondary N) is 1. The van der Waals surface area contributed by atoms with E-state index in [1.807, 2.05) is 6.07 Å². The van der Waals surface area contributed by atoms with Crippen molar-refractivity contribution < 1.29 is 18.9 Å². The second-order valence-electron chi connectivity index (χ2n) is 7.67. The Labute approximate surface area is 191 Å². The fourth-order valence-electron chi connectivity index (χ4n) is 3.41. The summed E-state index contributed by atoms with van der Waals surface area (Å²) >= 11 is 0. The zero-order valence-corrected chi connectivity index (χ0v) is 17.6. The van der Waals surface area contributed by atoms with Crippen LogP contribution in [0.3, 0.4) is 0 Å². The molecule has 0 radical (unpaired) electrons. The highest BCUT2D eigenvalue weighted by Gasteiger charge is 2.28. The maximum Gasteiger partial charge on any atom is 0.437 e. The molecule has 13 heteroatoms. The van der Waals surface area contributed by atoms with Crippen LogP contribution < -0.4 is 14.9 Å². The summed E-state index contributed by atoms with van der Waals surface area (Å²) in [7, 11) is 0. The fraction of sp³-hybridized carbons (Fsp3) is 0.190. The maximum absolute atomic E-state index is 12.3. The lowest BCUT2D eigenvalue weighted by Crippen LogP contribution is -2.24. The molecule has 1 N–H and O–H groups in total. The van der Waals surface area contributed by atoms with Gasteiger partial charge in [0.15, 0.2) is 12.1 Å². The minimum absolute atomic E-state index is 0.322. The van der Waals surface area contributed by atoms with E-state index in [1.54, 1.807) is 36.5 Å². The third-order valence-corrected chi connectivity index (χ3v) is 5.16. The lowest BCUT2D eigenvalue weighted by molar-refractivity contribution is 0.153. The van der Waals surface area contributed by atoms with Crippen molar-refractivity contribution in [1.29, 1.82) is 0 Å². The number of carbonyl (C=O) groups excluding carboxylic acids is 1. The summed E-state index contributed by atoms with van der Waals surface area (Å²) in [5, 5.41) is 18.7. The van der Waals surface area contributed by atoms with Gasteiger partial charge in [0, 0.05) is 29.6 Å². The van der Waals surface area contributed by atoms with E-state index in [0.717, 1.165) is 24.0 Å². The van der Waals surface area contributed by atoms with Crippen molar-refractivity contribution >= 4 is 22.8 Å². The van der Waals surface area contributed by atoms with Crippen LogP contribution in [0.15, 0.2) is 59.8 Å². The quantitative estimate of drug-likeness (QED) is 0.385. The molecule has 4 heterocycles. The highest BCUT2D eigenvalue weighted by Crippen LogP contribution is 2.40. The van der Waals surface area contributed by atoms with E-state index in [4.69, 9.17) is 14.1 Å². The smallest absolute Gasteiger partial charge is 0.437 e. The molecule has 1 aromatic carbocycles. The minimum Gasteiger partial charge on any atom is -0.439 e. The van der Waals surface area contributed by atoms with Crippen LogP contribution in [0.25, 0.3) is 10.9 Å². The summed E-state index contributed by atoms with van der Waals surface area (Å²) in [5.74, 6) is 2.44. The van der Waals surface area contributed by atoms with Crippen LogP contribution in [0.5, 0.6) is 11.6 Å². The van der Waals surface area contributed by atoms with Gasteiger partial charge in [0.05, 0.1) is 11.2 Å². The molecule has 1 aliphatic carbocycles. The Hall–Kier alpha value is -4.81. The van der Waals surface area contributed by atoms with Gasteiger partial charge in [-0.3, -0.25) is 5.32 Å². The zero-order chi connectivity index (χ0) is 22.9. The molecule has 1 saturated carbocycles. The van der Waals surface area contributed by atoms with Gasteiger partial charge >= 0.3 is 6.09 Å². The van der Waals surface area contributed by atoms with Gasteiger partial charge in [0.2, 0.25) is 5.88 Å². The average Bonchev–Trinajstić information content (AvgIpc) is 3.17. The Morgan fingerprint density at radius 3 is 2.94 bits per heavy atom. The maximum atomic E-state index is 12.3. The molecule has 0 aliphatic heterocycles. The summed E-state index contributed by atoms with van der Waals surface area (Å²) in [6.07, 6.45) is 5.89. The number of nitrogens with zero attached hydrogens (tertiary/aromatic N) is 8. The molecule has 0 saturated heterocycles. The molecule has 4 aromatic heterocycles. The number of fused-ring (bicyclic) bond motifs is 1. The van der Waals surface area contributed by atoms with Crippen LogP contribution in [-0.4, -0.2) is 46.2 Å². The van der Waals surface area contributed by atoms with Crippen LogP contribution in [0.2, 0.25) is 0 Å². The molecule has 0 spiro atoms. The first-order valence-electron chi connectivity index (χ1n) is 10.5. The van der Waals surface area contributed by atoms with Crippen LogP contribution >= 0.6 is 0 Å². The van der Waals surface area contributed by atoms with E-state index in [1.165, 1.54) is 22.2 Å². The number of benzene rings is 1. The third-order valence-electron chi connectivity index (χ3n) is 5.16. The van der Waals surface area contributed by atoms with Gasteiger partial charge in [-0.05, 0) is 42.3 Å². The molecule has 1 amide bonds. The number of aromatic nitrogens is 8. The molecular formula is C21H17N9O4. The Morgan fingerprint density at radius 1 is 1.15 bits per heavy atom. The van der Waals surface area contributed by atoms with Crippen molar-refractivity contribution in [2.45, 2.75) is 25.3 Å². The topological polar surface area (TPSA) is 148 Å². The van der Waals surface area contributed by atoms with E-state index in [2.05, 4.69) is 35.9 Å². The Bertz CT molecular complexity index is 1460. The second kappa shape index (κ2) is 8.27. The first kappa shape index (κ1) is 19.8. The lowest BCUT2D eigenvalue weighted by Gasteiger charge is -2.08. The summed E-state index contributed by atoms with van der Waals surface area (Å²) in [4.78, 5) is 27.4. The predicted molar refractivity (Wildman–Crippen MR) is 115 cm³/mol. The molecule has 0 atom stereocenters. The van der Waals surface area contributed by atoms with Crippen LogP contribution in [0.1, 0.15) is 30.2 Å². The number of hydrogen-bond donors (Lipinski definition) is 1. The van der Waals surface area contributed by atoms with E-state index >= 15 is 0 Å². The van der Waals surface area contributed by atoms with Gasteiger partial charge in [0.1, 0.15) is 24.4 Å². The number of carbonyl (C=O) groups is 1. The Morgan fingerprint density at radius 2 is 2.09 bits per heavy atom. The monoisotopic (exact) mass is 459 g/mol. The molecule has 0 unspecified atom stereocenters. The number of rotatable bonds is 7. The van der Waals surface area contributed by atoms with Crippen LogP contribution in [0.4, 0.5) is 10.6 Å². The predicted octanol–water partition coefficient (Wildman–Crippen LogP) is 2.78. The van der Waals surface area contributed by atoms with Crippen molar-refractivity contribution in [3.8, 4) is 11.6 Å². The molecular weight excluding hydrogens is 442 g/mol. The highest BCUT2D eigenvalue weighted by molar-refractivity contribution is 5.86. The summed E-state index contributed by atoms with van der Waals surface area (Å²) < 4.78 is 12.5. The van der Waals surface area contributed by atoms with E-state index < -0.39 is 6.09 Å². The van der Waals surface area contributed by atoms with Crippen LogP contribution in [0, 0.1) is 0 Å². The lowest BCUT2D eigenvalue weighted by atomic mass is 10.2.